The Balaban J connectivity index is 1.31. The minimum absolute atomic E-state index is 0.121. The number of aromatic nitrogens is 1. The molecule has 2 aliphatic heterocycles. The van der Waals surface area contributed by atoms with Crippen molar-refractivity contribution in [3.63, 3.8) is 0 Å². The molecule has 0 bridgehead atoms. The van der Waals surface area contributed by atoms with Crippen molar-refractivity contribution in [3.8, 4) is 5.75 Å². The zero-order valence-corrected chi connectivity index (χ0v) is 23.4. The van der Waals surface area contributed by atoms with Crippen molar-refractivity contribution in [2.45, 2.75) is 50.9 Å². The summed E-state index contributed by atoms with van der Waals surface area (Å²) in [5.41, 5.74) is 10.2. The van der Waals surface area contributed by atoms with E-state index in [-0.39, 0.29) is 23.6 Å². The van der Waals surface area contributed by atoms with E-state index in [2.05, 4.69) is 37.9 Å². The summed E-state index contributed by atoms with van der Waals surface area (Å²) in [6.45, 7) is 2.78. The first kappa shape index (κ1) is 25.5. The van der Waals surface area contributed by atoms with E-state index in [0.29, 0.717) is 31.3 Å². The zero-order valence-electron chi connectivity index (χ0n) is 20.3. The number of benzene rings is 1. The molecule has 0 saturated carbocycles. The lowest BCUT2D eigenvalue weighted by molar-refractivity contribution is -0.134. The zero-order chi connectivity index (χ0) is 25.4. The average Bonchev–Trinajstić information content (AvgIpc) is 3.01. The predicted octanol–water partition coefficient (Wildman–Crippen LogP) is 4.96. The molecule has 2 aromatic rings. The largest absolute Gasteiger partial charge is 0.508 e. The van der Waals surface area contributed by atoms with Gasteiger partial charge < -0.3 is 20.6 Å². The number of aromatic hydroxyl groups is 1. The lowest BCUT2D eigenvalue weighted by Crippen LogP contribution is -2.44. The minimum Gasteiger partial charge on any atom is -0.508 e. The third-order valence-corrected chi connectivity index (χ3v) is 9.28. The van der Waals surface area contributed by atoms with Gasteiger partial charge in [-0.05, 0) is 101 Å². The highest BCUT2D eigenvalue weighted by Gasteiger charge is 2.36. The van der Waals surface area contributed by atoms with E-state index in [9.17, 15) is 14.7 Å². The van der Waals surface area contributed by atoms with Crippen LogP contribution in [0.4, 0.5) is 4.79 Å². The van der Waals surface area contributed by atoms with Gasteiger partial charge in [0.25, 0.3) is 0 Å². The Morgan fingerprint density at radius 3 is 2.33 bits per heavy atom. The summed E-state index contributed by atoms with van der Waals surface area (Å²) in [5.74, 6) is 1.30. The minimum atomic E-state index is -0.368. The lowest BCUT2D eigenvalue weighted by Gasteiger charge is -2.38. The molecule has 1 unspecified atom stereocenters. The van der Waals surface area contributed by atoms with Crippen molar-refractivity contribution in [2.75, 3.05) is 26.2 Å². The Labute approximate surface area is 228 Å². The number of piperidine rings is 2. The van der Waals surface area contributed by atoms with Crippen LogP contribution in [-0.2, 0) is 17.6 Å². The maximum atomic E-state index is 13.1. The van der Waals surface area contributed by atoms with Gasteiger partial charge in [0.1, 0.15) is 5.75 Å². The summed E-state index contributed by atoms with van der Waals surface area (Å²) in [6, 6.07) is 5.50. The smallest absolute Gasteiger partial charge is 0.314 e. The number of nitrogens with zero attached hydrogens (tertiary/aromatic N) is 3. The van der Waals surface area contributed by atoms with Gasteiger partial charge in [-0.1, -0.05) is 15.9 Å². The molecule has 3 aliphatic rings. The second kappa shape index (κ2) is 10.7. The van der Waals surface area contributed by atoms with Crippen molar-refractivity contribution in [1.29, 1.82) is 0 Å². The van der Waals surface area contributed by atoms with Crippen LogP contribution in [0.15, 0.2) is 33.3 Å². The molecule has 3 heterocycles. The Morgan fingerprint density at radius 1 is 0.972 bits per heavy atom. The van der Waals surface area contributed by atoms with Crippen LogP contribution >= 0.6 is 31.9 Å². The predicted molar refractivity (Wildman–Crippen MR) is 145 cm³/mol. The summed E-state index contributed by atoms with van der Waals surface area (Å²) in [6.07, 6.45) is 7.68. The van der Waals surface area contributed by atoms with Gasteiger partial charge in [-0.3, -0.25) is 9.78 Å². The standard InChI is InChI=1S/C27H32Br2N4O3/c28-20-12-19-2-1-18-13-21(34)14-22(29)24(18)25(26(19)31-15-20)17-5-9-32(10-6-17)23(35)11-16-3-7-33(8-4-16)27(30)36/h12-17,25,34H,1-11H2,(H2,30,36). The summed E-state index contributed by atoms with van der Waals surface area (Å²) in [7, 11) is 0. The van der Waals surface area contributed by atoms with Crippen LogP contribution in [0.5, 0.6) is 5.75 Å². The molecule has 2 saturated heterocycles. The van der Waals surface area contributed by atoms with Crippen molar-refractivity contribution in [2.24, 2.45) is 17.6 Å². The van der Waals surface area contributed by atoms with Crippen molar-refractivity contribution in [3.05, 3.63) is 55.7 Å². The van der Waals surface area contributed by atoms with Gasteiger partial charge in [0.2, 0.25) is 5.91 Å². The quantitative estimate of drug-likeness (QED) is 0.507. The van der Waals surface area contributed by atoms with Gasteiger partial charge >= 0.3 is 6.03 Å². The monoisotopic (exact) mass is 618 g/mol. The molecule has 1 aromatic heterocycles. The van der Waals surface area contributed by atoms with Crippen LogP contribution in [0.3, 0.4) is 0 Å². The Bertz CT molecular complexity index is 1160. The van der Waals surface area contributed by atoms with Gasteiger partial charge in [0.05, 0.1) is 5.69 Å². The van der Waals surface area contributed by atoms with Crippen molar-refractivity contribution >= 4 is 43.8 Å². The molecule has 36 heavy (non-hydrogen) atoms. The van der Waals surface area contributed by atoms with E-state index in [1.165, 1.54) is 16.7 Å². The van der Waals surface area contributed by atoms with Crippen LogP contribution < -0.4 is 5.73 Å². The molecule has 3 amide bonds. The summed E-state index contributed by atoms with van der Waals surface area (Å²) in [4.78, 5) is 33.1. The second-order valence-electron chi connectivity index (χ2n) is 10.4. The number of urea groups is 1. The number of carbonyl (C=O) groups is 2. The van der Waals surface area contributed by atoms with Gasteiger partial charge in [0.15, 0.2) is 0 Å². The lowest BCUT2D eigenvalue weighted by atomic mass is 9.76. The fraction of sp³-hybridized carbons (Fsp3) is 0.519. The average molecular weight is 620 g/mol. The number of halogens is 2. The number of amides is 3. The molecule has 7 nitrogen and oxygen atoms in total. The van der Waals surface area contributed by atoms with E-state index < -0.39 is 0 Å². The highest BCUT2D eigenvalue weighted by Crippen LogP contribution is 2.46. The molecule has 5 rings (SSSR count). The van der Waals surface area contributed by atoms with Crippen LogP contribution in [0.1, 0.15) is 60.4 Å². The third kappa shape index (κ3) is 5.28. The number of likely N-dealkylation sites (tertiary alicyclic amines) is 2. The molecule has 3 N–H and O–H groups in total. The number of phenols is 1. The first-order valence-electron chi connectivity index (χ1n) is 12.8. The van der Waals surface area contributed by atoms with Crippen LogP contribution in [0, 0.1) is 11.8 Å². The van der Waals surface area contributed by atoms with E-state index in [1.807, 2.05) is 17.2 Å². The molecular formula is C27H32Br2N4O3. The maximum Gasteiger partial charge on any atom is 0.314 e. The number of fused-ring (bicyclic) bond motifs is 2. The Kier molecular flexibility index (Phi) is 7.58. The van der Waals surface area contributed by atoms with Crippen LogP contribution in [0.25, 0.3) is 0 Å². The molecule has 2 fully saturated rings. The van der Waals surface area contributed by atoms with Gasteiger partial charge in [-0.25, -0.2) is 4.79 Å². The van der Waals surface area contributed by atoms with Crippen molar-refractivity contribution < 1.29 is 14.7 Å². The topological polar surface area (TPSA) is 99.8 Å². The van der Waals surface area contributed by atoms with E-state index in [0.717, 1.165) is 66.3 Å². The fourth-order valence-corrected chi connectivity index (χ4v) is 7.38. The summed E-state index contributed by atoms with van der Waals surface area (Å²) >= 11 is 7.34. The van der Waals surface area contributed by atoms with Crippen LogP contribution in [0.2, 0.25) is 0 Å². The number of hydrogen-bond donors (Lipinski definition) is 2. The number of hydrogen-bond acceptors (Lipinski definition) is 4. The van der Waals surface area contributed by atoms with E-state index >= 15 is 0 Å². The first-order chi connectivity index (χ1) is 17.3. The number of phenolic OH excluding ortho intramolecular Hbond substituents is 1. The fourth-order valence-electron chi connectivity index (χ4n) is 6.27. The van der Waals surface area contributed by atoms with Gasteiger partial charge in [0, 0.05) is 53.7 Å². The number of pyridine rings is 1. The Morgan fingerprint density at radius 2 is 1.64 bits per heavy atom. The number of aryl methyl sites for hydroxylation is 2. The summed E-state index contributed by atoms with van der Waals surface area (Å²) < 4.78 is 1.91. The second-order valence-corrected chi connectivity index (χ2v) is 12.1. The third-order valence-electron chi connectivity index (χ3n) is 8.19. The summed E-state index contributed by atoms with van der Waals surface area (Å²) in [5, 5.41) is 10.3. The molecule has 0 radical (unpaired) electrons. The number of carbonyl (C=O) groups excluding carboxylic acids is 2. The van der Waals surface area contributed by atoms with Gasteiger partial charge in [-0.15, -0.1) is 0 Å². The molecule has 1 aromatic carbocycles. The SMILES string of the molecule is NC(=O)N1CCC(CC(=O)N2CCC(C3c4ncc(Br)cc4CCc4cc(O)cc(Br)c43)CC2)CC1. The number of primary amides is 1. The molecule has 0 spiro atoms. The molecule has 192 valence electrons. The maximum absolute atomic E-state index is 13.1. The van der Waals surface area contributed by atoms with Crippen molar-refractivity contribution in [1.82, 2.24) is 14.8 Å². The van der Waals surface area contributed by atoms with E-state index in [1.54, 1.807) is 11.0 Å². The molecular weight excluding hydrogens is 588 g/mol. The molecule has 1 atom stereocenters. The highest BCUT2D eigenvalue weighted by atomic mass is 79.9. The number of rotatable bonds is 3. The molecule has 1 aliphatic carbocycles. The molecule has 9 heteroatoms. The first-order valence-corrected chi connectivity index (χ1v) is 14.4. The van der Waals surface area contributed by atoms with E-state index in [4.69, 9.17) is 10.7 Å². The number of nitrogens with two attached hydrogens (primary N) is 1. The highest BCUT2D eigenvalue weighted by molar-refractivity contribution is 9.10. The van der Waals surface area contributed by atoms with Crippen LogP contribution in [-0.4, -0.2) is 58.0 Å². The van der Waals surface area contributed by atoms with Gasteiger partial charge in [-0.2, -0.15) is 0 Å². The normalized spacial score (nSPS) is 21.0. The Hall–Kier alpha value is -2.13.